The summed E-state index contributed by atoms with van der Waals surface area (Å²) in [6.07, 6.45) is -1.22. The summed E-state index contributed by atoms with van der Waals surface area (Å²) in [6, 6.07) is 9.45. The van der Waals surface area contributed by atoms with Crippen LogP contribution in [0, 0.1) is 22.7 Å². The summed E-state index contributed by atoms with van der Waals surface area (Å²) in [7, 11) is 4.64. The van der Waals surface area contributed by atoms with Gasteiger partial charge in [0, 0.05) is 57.5 Å². The highest BCUT2D eigenvalue weighted by atomic mass is 16.8. The summed E-state index contributed by atoms with van der Waals surface area (Å²) < 4.78 is 61.8. The van der Waals surface area contributed by atoms with E-state index in [9.17, 15) is 30.0 Å². The van der Waals surface area contributed by atoms with Crippen LogP contribution in [0.1, 0.15) is 105 Å². The van der Waals surface area contributed by atoms with Crippen LogP contribution in [0.3, 0.4) is 0 Å². The van der Waals surface area contributed by atoms with Crippen LogP contribution in [0.2, 0.25) is 0 Å². The first-order valence-electron chi connectivity index (χ1n) is 24.3. The van der Waals surface area contributed by atoms with E-state index in [0.29, 0.717) is 44.9 Å². The Morgan fingerprint density at radius 2 is 1.40 bits per heavy atom. The molecule has 0 radical (unpaired) electrons. The maximum absolute atomic E-state index is 13.5. The van der Waals surface area contributed by atoms with E-state index in [1.807, 2.05) is 51.1 Å². The number of fused-ring (bicyclic) bond motifs is 5. The number of esters is 1. The van der Waals surface area contributed by atoms with Crippen LogP contribution in [-0.2, 0) is 57.0 Å². The molecule has 16 heteroatoms. The third-order valence-electron chi connectivity index (χ3n) is 17.2. The second kappa shape index (κ2) is 19.8. The van der Waals surface area contributed by atoms with Crippen LogP contribution < -0.4 is 0 Å². The number of rotatable bonds is 13. The topological polar surface area (TPSA) is 207 Å². The lowest BCUT2D eigenvalue weighted by atomic mass is 9.43. The molecule has 3 saturated carbocycles. The maximum Gasteiger partial charge on any atom is 0.331 e. The Morgan fingerprint density at radius 3 is 2.03 bits per heavy atom. The number of ketones is 1. The van der Waals surface area contributed by atoms with E-state index in [4.69, 9.17) is 47.4 Å². The van der Waals surface area contributed by atoms with Crippen molar-refractivity contribution in [1.82, 2.24) is 0 Å². The lowest BCUT2D eigenvalue weighted by Crippen LogP contribution is -2.75. The first kappa shape index (κ1) is 50.7. The molecule has 6 fully saturated rings. The SMILES string of the molecule is COC1CC(OC2CCC3(C)C(=CCC4(O)C3CC(OC(=O)C=Cc3ccccc3)C3(C)C(C(C)=O)CCC43O)C2)OC(C)C1OC1CC(OC)C(OC2OC(C)C(O)C(OC)C2O)C(C)O1. The van der Waals surface area contributed by atoms with Gasteiger partial charge in [0.25, 0.3) is 0 Å². The van der Waals surface area contributed by atoms with E-state index in [0.717, 1.165) is 11.1 Å². The predicted octanol–water partition coefficient (Wildman–Crippen LogP) is 4.56. The number of carbonyl (C=O) groups is 2. The first-order chi connectivity index (χ1) is 31.8. The Kier molecular flexibility index (Phi) is 15.0. The van der Waals surface area contributed by atoms with Crippen molar-refractivity contribution in [2.24, 2.45) is 22.7 Å². The Hall–Kier alpha value is -2.68. The summed E-state index contributed by atoms with van der Waals surface area (Å²) in [5.74, 6) is -1.69. The van der Waals surface area contributed by atoms with Gasteiger partial charge in [-0.1, -0.05) is 55.8 Å². The highest BCUT2D eigenvalue weighted by Crippen LogP contribution is 2.70. The van der Waals surface area contributed by atoms with E-state index in [1.165, 1.54) is 20.1 Å². The summed E-state index contributed by atoms with van der Waals surface area (Å²) in [5, 5.41) is 47.2. The molecule has 0 amide bonds. The van der Waals surface area contributed by atoms with Gasteiger partial charge >= 0.3 is 5.97 Å². The molecule has 0 aromatic heterocycles. The van der Waals surface area contributed by atoms with Crippen LogP contribution in [0.4, 0.5) is 0 Å². The molecule has 374 valence electrons. The van der Waals surface area contributed by atoms with Crippen LogP contribution in [0.5, 0.6) is 0 Å². The number of benzene rings is 1. The summed E-state index contributed by atoms with van der Waals surface area (Å²) >= 11 is 0. The Labute approximate surface area is 394 Å². The summed E-state index contributed by atoms with van der Waals surface area (Å²) in [5.41, 5.74) is -3.01. The molecular formula is C51H74O16. The van der Waals surface area contributed by atoms with Crippen molar-refractivity contribution in [3.05, 3.63) is 53.6 Å². The average Bonchev–Trinajstić information content (AvgIpc) is 3.60. The van der Waals surface area contributed by atoms with Crippen LogP contribution >= 0.6 is 0 Å². The van der Waals surface area contributed by atoms with Crippen molar-refractivity contribution in [1.29, 1.82) is 0 Å². The average molecular weight is 943 g/mol. The Bertz CT molecular complexity index is 1960. The number of aliphatic hydroxyl groups is 4. The number of hydrogen-bond acceptors (Lipinski definition) is 16. The molecule has 3 heterocycles. The largest absolute Gasteiger partial charge is 0.458 e. The van der Waals surface area contributed by atoms with Gasteiger partial charge in [-0.15, -0.1) is 0 Å². The van der Waals surface area contributed by atoms with Gasteiger partial charge in [-0.3, -0.25) is 4.79 Å². The highest BCUT2D eigenvalue weighted by molar-refractivity contribution is 5.87. The smallest absolute Gasteiger partial charge is 0.331 e. The molecule has 16 nitrogen and oxygen atoms in total. The second-order valence-electron chi connectivity index (χ2n) is 20.7. The third kappa shape index (κ3) is 9.04. The zero-order valence-electron chi connectivity index (χ0n) is 40.5. The quantitative estimate of drug-likeness (QED) is 0.122. The molecule has 67 heavy (non-hydrogen) atoms. The zero-order chi connectivity index (χ0) is 48.2. The van der Waals surface area contributed by atoms with Gasteiger partial charge < -0.3 is 67.8 Å². The number of carbonyl (C=O) groups excluding carboxylic acids is 2. The number of aliphatic hydroxyl groups excluding tert-OH is 2. The van der Waals surface area contributed by atoms with Gasteiger partial charge in [-0.2, -0.15) is 0 Å². The van der Waals surface area contributed by atoms with Crippen molar-refractivity contribution < 1.29 is 77.4 Å². The third-order valence-corrected chi connectivity index (χ3v) is 17.2. The van der Waals surface area contributed by atoms with E-state index in [2.05, 4.69) is 13.0 Å². The number of hydrogen-bond donors (Lipinski definition) is 4. The fourth-order valence-electron chi connectivity index (χ4n) is 13.4. The molecule has 8 rings (SSSR count). The van der Waals surface area contributed by atoms with Crippen molar-refractivity contribution in [3.63, 3.8) is 0 Å². The molecule has 3 saturated heterocycles. The van der Waals surface area contributed by atoms with E-state index in [-0.39, 0.29) is 24.7 Å². The molecule has 3 aliphatic heterocycles. The fourth-order valence-corrected chi connectivity index (χ4v) is 13.4. The van der Waals surface area contributed by atoms with Gasteiger partial charge in [-0.05, 0) is 89.7 Å². The molecule has 0 spiro atoms. The van der Waals surface area contributed by atoms with Crippen molar-refractivity contribution in [2.75, 3.05) is 21.3 Å². The Balaban J connectivity index is 0.912. The van der Waals surface area contributed by atoms with Crippen LogP contribution in [0.15, 0.2) is 48.1 Å². The second-order valence-corrected chi connectivity index (χ2v) is 20.7. The van der Waals surface area contributed by atoms with Gasteiger partial charge in [-0.25, -0.2) is 4.79 Å². The predicted molar refractivity (Wildman–Crippen MR) is 241 cm³/mol. The van der Waals surface area contributed by atoms with Crippen LogP contribution in [-0.4, -0.2) is 157 Å². The molecule has 21 atom stereocenters. The number of methoxy groups -OCH3 is 3. The minimum Gasteiger partial charge on any atom is -0.458 e. The lowest BCUT2D eigenvalue weighted by molar-refractivity contribution is -0.352. The van der Waals surface area contributed by atoms with Crippen molar-refractivity contribution in [3.8, 4) is 0 Å². The normalized spacial score (nSPS) is 47.7. The van der Waals surface area contributed by atoms with Gasteiger partial charge in [0.15, 0.2) is 18.9 Å². The van der Waals surface area contributed by atoms with E-state index in [1.54, 1.807) is 27.2 Å². The Morgan fingerprint density at radius 1 is 0.761 bits per heavy atom. The molecule has 7 aliphatic rings. The molecular weight excluding hydrogens is 869 g/mol. The molecule has 4 N–H and O–H groups in total. The molecule has 21 unspecified atom stereocenters. The molecule has 0 bridgehead atoms. The van der Waals surface area contributed by atoms with E-state index >= 15 is 0 Å². The number of Topliss-reactive ketones (excluding diaryl/α,β-unsaturated/α-hetero) is 1. The summed E-state index contributed by atoms with van der Waals surface area (Å²) in [6.45, 7) is 11.0. The minimum absolute atomic E-state index is 0.0899. The summed E-state index contributed by atoms with van der Waals surface area (Å²) in [4.78, 5) is 26.8. The van der Waals surface area contributed by atoms with E-state index < -0.39 is 126 Å². The fraction of sp³-hybridized carbons (Fsp3) is 0.765. The molecule has 4 aliphatic carbocycles. The first-order valence-corrected chi connectivity index (χ1v) is 24.3. The van der Waals surface area contributed by atoms with Gasteiger partial charge in [0.2, 0.25) is 0 Å². The molecule has 1 aromatic carbocycles. The van der Waals surface area contributed by atoms with Crippen molar-refractivity contribution in [2.45, 2.75) is 203 Å². The van der Waals surface area contributed by atoms with Gasteiger partial charge in [0.1, 0.15) is 53.6 Å². The standard InChI is InChI=1S/C51H74O16/c1-27(52)34-19-22-51(57)49(34,6)38(65-39(53)16-15-31-13-11-10-12-14-31)26-37-48(5)20-18-33(23-32(48)17-21-50(37,51)56)64-40-24-35(58-7)44(29(3)61-40)66-41-25-36(59-8)45(30(4)62-41)67-47-43(55)46(60-9)42(54)28(2)63-47/h10-17,28-30,33-38,40-47,54-57H,18-26H2,1-9H3. The van der Waals surface area contributed by atoms with Gasteiger partial charge in [0.05, 0.1) is 36.6 Å². The highest BCUT2D eigenvalue weighted by Gasteiger charge is 2.77. The number of ether oxygens (including phenoxy) is 10. The lowest BCUT2D eigenvalue weighted by Gasteiger charge is -2.66. The molecule has 1 aromatic rings. The maximum atomic E-state index is 13.5. The zero-order valence-corrected chi connectivity index (χ0v) is 40.5. The monoisotopic (exact) mass is 942 g/mol. The van der Waals surface area contributed by atoms with Crippen LogP contribution in [0.25, 0.3) is 6.08 Å². The van der Waals surface area contributed by atoms with Crippen molar-refractivity contribution >= 4 is 17.8 Å². The minimum atomic E-state index is -1.68.